The highest BCUT2D eigenvalue weighted by Gasteiger charge is 2.29. The first-order valence-corrected chi connectivity index (χ1v) is 7.87. The van der Waals surface area contributed by atoms with Crippen LogP contribution in [0.25, 0.3) is 0 Å². The maximum atomic E-state index is 11.5. The van der Waals surface area contributed by atoms with Crippen LogP contribution in [0, 0.1) is 5.92 Å². The summed E-state index contributed by atoms with van der Waals surface area (Å²) >= 11 is 3.35. The lowest BCUT2D eigenvalue weighted by atomic mass is 9.84. The highest BCUT2D eigenvalue weighted by molar-refractivity contribution is 9.10. The zero-order chi connectivity index (χ0) is 15.4. The summed E-state index contributed by atoms with van der Waals surface area (Å²) in [6, 6.07) is 4.27. The first kappa shape index (κ1) is 15.8. The maximum absolute atomic E-state index is 11.5. The molecule has 1 unspecified atom stereocenters. The second-order valence-corrected chi connectivity index (χ2v) is 6.27. The van der Waals surface area contributed by atoms with Crippen LogP contribution in [0.5, 0.6) is 0 Å². The van der Waals surface area contributed by atoms with Crippen molar-refractivity contribution < 1.29 is 14.7 Å². The highest BCUT2D eigenvalue weighted by Crippen LogP contribution is 2.31. The van der Waals surface area contributed by atoms with Crippen LogP contribution in [-0.4, -0.2) is 23.0 Å². The Morgan fingerprint density at radius 3 is 2.48 bits per heavy atom. The molecule has 0 spiro atoms. The van der Waals surface area contributed by atoms with E-state index in [0.29, 0.717) is 15.7 Å². The van der Waals surface area contributed by atoms with Gasteiger partial charge >= 0.3 is 5.97 Å². The van der Waals surface area contributed by atoms with Crippen LogP contribution in [0.4, 0.5) is 5.69 Å². The predicted molar refractivity (Wildman–Crippen MR) is 84.3 cm³/mol. The molecule has 4 N–H and O–H groups in total. The van der Waals surface area contributed by atoms with Crippen molar-refractivity contribution in [2.45, 2.75) is 38.1 Å². The molecule has 1 saturated carbocycles. The maximum Gasteiger partial charge on any atom is 0.326 e. The molecule has 21 heavy (non-hydrogen) atoms. The number of benzene rings is 1. The standard InChI is InChI=1S/C15H19BrN2O3/c16-11-8-10(14(17)19)6-7-12(11)18-13(15(20)21)9-4-2-1-3-5-9/h6-9,13,18H,1-5H2,(H2,17,19)(H,20,21). The number of nitrogens with two attached hydrogens (primary N) is 1. The van der Waals surface area contributed by atoms with Gasteiger partial charge in [-0.25, -0.2) is 4.79 Å². The molecule has 1 fully saturated rings. The normalized spacial score (nSPS) is 17.2. The summed E-state index contributed by atoms with van der Waals surface area (Å²) in [5.74, 6) is -1.21. The fourth-order valence-electron chi connectivity index (χ4n) is 2.80. The third-order valence-electron chi connectivity index (χ3n) is 3.95. The molecule has 2 rings (SSSR count). The fourth-order valence-corrected chi connectivity index (χ4v) is 3.29. The number of halogens is 1. The molecular formula is C15H19BrN2O3. The molecule has 1 aromatic rings. The Bertz CT molecular complexity index is 542. The Morgan fingerprint density at radius 2 is 1.95 bits per heavy atom. The Balaban J connectivity index is 2.16. The second-order valence-electron chi connectivity index (χ2n) is 5.42. The van der Waals surface area contributed by atoms with Gasteiger partial charge in [0.15, 0.2) is 0 Å². The van der Waals surface area contributed by atoms with Gasteiger partial charge in [0.2, 0.25) is 5.91 Å². The van der Waals surface area contributed by atoms with Crippen LogP contribution in [0.2, 0.25) is 0 Å². The van der Waals surface area contributed by atoms with Crippen molar-refractivity contribution in [1.29, 1.82) is 0 Å². The quantitative estimate of drug-likeness (QED) is 0.757. The van der Waals surface area contributed by atoms with E-state index < -0.39 is 17.9 Å². The van der Waals surface area contributed by atoms with Crippen LogP contribution in [0.3, 0.4) is 0 Å². The van der Waals surface area contributed by atoms with Crippen LogP contribution in [0.15, 0.2) is 22.7 Å². The number of hydrogen-bond acceptors (Lipinski definition) is 3. The number of carbonyl (C=O) groups excluding carboxylic acids is 1. The van der Waals surface area contributed by atoms with E-state index in [1.165, 1.54) is 6.42 Å². The van der Waals surface area contributed by atoms with Crippen molar-refractivity contribution >= 4 is 33.5 Å². The summed E-state index contributed by atoms with van der Waals surface area (Å²) in [6.45, 7) is 0. The first-order valence-electron chi connectivity index (χ1n) is 7.07. The van der Waals surface area contributed by atoms with Crippen molar-refractivity contribution in [3.8, 4) is 0 Å². The number of primary amides is 1. The van der Waals surface area contributed by atoms with Gasteiger partial charge < -0.3 is 16.2 Å². The van der Waals surface area contributed by atoms with E-state index in [4.69, 9.17) is 5.73 Å². The zero-order valence-corrected chi connectivity index (χ0v) is 13.2. The number of carboxylic acids is 1. The van der Waals surface area contributed by atoms with E-state index in [1.807, 2.05) is 0 Å². The third kappa shape index (κ3) is 3.97. The second kappa shape index (κ2) is 6.93. The smallest absolute Gasteiger partial charge is 0.326 e. The summed E-state index contributed by atoms with van der Waals surface area (Å²) in [5.41, 5.74) is 6.28. The lowest BCUT2D eigenvalue weighted by Crippen LogP contribution is -2.38. The molecule has 1 aliphatic carbocycles. The summed E-state index contributed by atoms with van der Waals surface area (Å²) < 4.78 is 0.640. The topological polar surface area (TPSA) is 92.4 Å². The molecule has 6 heteroatoms. The molecule has 0 radical (unpaired) electrons. The van der Waals surface area contributed by atoms with E-state index in [-0.39, 0.29) is 5.92 Å². The Morgan fingerprint density at radius 1 is 1.29 bits per heavy atom. The van der Waals surface area contributed by atoms with Crippen molar-refractivity contribution in [2.75, 3.05) is 5.32 Å². The molecule has 5 nitrogen and oxygen atoms in total. The zero-order valence-electron chi connectivity index (χ0n) is 11.6. The van der Waals surface area contributed by atoms with Crippen molar-refractivity contribution in [3.05, 3.63) is 28.2 Å². The number of aliphatic carboxylic acids is 1. The number of nitrogens with one attached hydrogen (secondary N) is 1. The monoisotopic (exact) mass is 354 g/mol. The molecule has 0 aliphatic heterocycles. The van der Waals surface area contributed by atoms with Gasteiger partial charge in [0.25, 0.3) is 0 Å². The Hall–Kier alpha value is -1.56. The Labute approximate surface area is 132 Å². The largest absolute Gasteiger partial charge is 0.480 e. The van der Waals surface area contributed by atoms with Crippen molar-refractivity contribution in [2.24, 2.45) is 11.7 Å². The van der Waals surface area contributed by atoms with Crippen LogP contribution in [-0.2, 0) is 4.79 Å². The molecular weight excluding hydrogens is 336 g/mol. The molecule has 1 atom stereocenters. The van der Waals surface area contributed by atoms with Gasteiger partial charge in [0, 0.05) is 15.7 Å². The molecule has 1 aromatic carbocycles. The number of rotatable bonds is 5. The molecule has 1 aliphatic rings. The Kier molecular flexibility index (Phi) is 5.22. The minimum Gasteiger partial charge on any atom is -0.480 e. The van der Waals surface area contributed by atoms with E-state index in [0.717, 1.165) is 25.7 Å². The van der Waals surface area contributed by atoms with Gasteiger partial charge in [-0.3, -0.25) is 4.79 Å². The number of anilines is 1. The number of hydrogen-bond donors (Lipinski definition) is 3. The molecule has 0 heterocycles. The van der Waals surface area contributed by atoms with E-state index in [2.05, 4.69) is 21.2 Å². The minimum absolute atomic E-state index is 0.138. The third-order valence-corrected chi connectivity index (χ3v) is 4.61. The van der Waals surface area contributed by atoms with Crippen LogP contribution >= 0.6 is 15.9 Å². The summed E-state index contributed by atoms with van der Waals surface area (Å²) in [5, 5.41) is 12.6. The summed E-state index contributed by atoms with van der Waals surface area (Å²) in [7, 11) is 0. The number of amides is 1. The summed E-state index contributed by atoms with van der Waals surface area (Å²) in [6.07, 6.45) is 5.21. The van der Waals surface area contributed by atoms with Crippen molar-refractivity contribution in [3.63, 3.8) is 0 Å². The van der Waals surface area contributed by atoms with Gasteiger partial charge in [-0.05, 0) is 52.9 Å². The molecule has 1 amide bonds. The first-order chi connectivity index (χ1) is 9.99. The molecule has 0 saturated heterocycles. The number of carboxylic acid groups (broad SMARTS) is 1. The predicted octanol–water partition coefficient (Wildman–Crippen LogP) is 2.99. The highest BCUT2D eigenvalue weighted by atomic mass is 79.9. The van der Waals surface area contributed by atoms with E-state index >= 15 is 0 Å². The van der Waals surface area contributed by atoms with Gasteiger partial charge in [-0.15, -0.1) is 0 Å². The summed E-state index contributed by atoms with van der Waals surface area (Å²) in [4.78, 5) is 22.7. The van der Waals surface area contributed by atoms with Crippen LogP contribution < -0.4 is 11.1 Å². The molecule has 0 aromatic heterocycles. The van der Waals surface area contributed by atoms with Gasteiger partial charge in [0.1, 0.15) is 6.04 Å². The van der Waals surface area contributed by atoms with Crippen LogP contribution in [0.1, 0.15) is 42.5 Å². The number of carbonyl (C=O) groups is 2. The minimum atomic E-state index is -0.840. The molecule has 114 valence electrons. The van der Waals surface area contributed by atoms with Crippen molar-refractivity contribution in [1.82, 2.24) is 0 Å². The van der Waals surface area contributed by atoms with Gasteiger partial charge in [-0.2, -0.15) is 0 Å². The van der Waals surface area contributed by atoms with Gasteiger partial charge in [-0.1, -0.05) is 19.3 Å². The van der Waals surface area contributed by atoms with E-state index in [1.54, 1.807) is 18.2 Å². The van der Waals surface area contributed by atoms with Gasteiger partial charge in [0.05, 0.1) is 0 Å². The van der Waals surface area contributed by atoms with E-state index in [9.17, 15) is 14.7 Å². The fraction of sp³-hybridized carbons (Fsp3) is 0.467. The average molecular weight is 355 g/mol. The SMILES string of the molecule is NC(=O)c1ccc(NC(C(=O)O)C2CCCCC2)c(Br)c1. The lowest BCUT2D eigenvalue weighted by molar-refractivity contribution is -0.139. The molecule has 0 bridgehead atoms. The lowest BCUT2D eigenvalue weighted by Gasteiger charge is -2.29. The average Bonchev–Trinajstić information content (AvgIpc) is 2.46.